The number of nitrogens with zero attached hydrogens (tertiary/aromatic N) is 1. The molecule has 0 bridgehead atoms. The van der Waals surface area contributed by atoms with Crippen molar-refractivity contribution in [2.24, 2.45) is 17.1 Å². The van der Waals surface area contributed by atoms with Gasteiger partial charge in [0.2, 0.25) is 0 Å². The fourth-order valence-electron chi connectivity index (χ4n) is 2.84. The molecule has 0 radical (unpaired) electrons. The van der Waals surface area contributed by atoms with Crippen LogP contribution in [0.3, 0.4) is 0 Å². The van der Waals surface area contributed by atoms with Crippen molar-refractivity contribution in [1.29, 1.82) is 0 Å². The van der Waals surface area contributed by atoms with Gasteiger partial charge in [0.1, 0.15) is 0 Å². The van der Waals surface area contributed by atoms with Crippen LogP contribution in [0.25, 0.3) is 0 Å². The van der Waals surface area contributed by atoms with Gasteiger partial charge in [-0.2, -0.15) is 0 Å². The van der Waals surface area contributed by atoms with Gasteiger partial charge in [-0.05, 0) is 43.6 Å². The highest BCUT2D eigenvalue weighted by Gasteiger charge is 2.44. The van der Waals surface area contributed by atoms with Crippen LogP contribution >= 0.6 is 12.2 Å². The first kappa shape index (κ1) is 11.3. The van der Waals surface area contributed by atoms with Gasteiger partial charge < -0.3 is 10.6 Å². The Morgan fingerprint density at radius 3 is 2.80 bits per heavy atom. The van der Waals surface area contributed by atoms with Gasteiger partial charge in [0.25, 0.3) is 0 Å². The number of nitrogens with two attached hydrogens (primary N) is 1. The van der Waals surface area contributed by atoms with Crippen molar-refractivity contribution < 1.29 is 0 Å². The third-order valence-corrected chi connectivity index (χ3v) is 3.95. The van der Waals surface area contributed by atoms with Gasteiger partial charge in [-0.25, -0.2) is 0 Å². The van der Waals surface area contributed by atoms with Crippen molar-refractivity contribution in [3.05, 3.63) is 0 Å². The topological polar surface area (TPSA) is 29.3 Å². The molecule has 1 saturated carbocycles. The molecule has 2 nitrogen and oxygen atoms in total. The zero-order chi connectivity index (χ0) is 10.9. The van der Waals surface area contributed by atoms with Crippen LogP contribution in [0.4, 0.5) is 0 Å². The smallest absolute Gasteiger partial charge is 0.0733 e. The Morgan fingerprint density at radius 1 is 1.53 bits per heavy atom. The van der Waals surface area contributed by atoms with Gasteiger partial charge in [-0.1, -0.05) is 19.1 Å². The molecule has 1 atom stereocenters. The highest BCUT2D eigenvalue weighted by molar-refractivity contribution is 7.80. The molecule has 1 unspecified atom stereocenters. The first-order valence-electron chi connectivity index (χ1n) is 6.10. The summed E-state index contributed by atoms with van der Waals surface area (Å²) in [7, 11) is 0. The van der Waals surface area contributed by atoms with E-state index >= 15 is 0 Å². The van der Waals surface area contributed by atoms with Gasteiger partial charge in [-0.15, -0.1) is 0 Å². The number of hydrogen-bond donors (Lipinski definition) is 1. The van der Waals surface area contributed by atoms with E-state index in [1.54, 1.807) is 0 Å². The van der Waals surface area contributed by atoms with E-state index in [0.717, 1.165) is 12.3 Å². The van der Waals surface area contributed by atoms with E-state index < -0.39 is 0 Å². The van der Waals surface area contributed by atoms with E-state index in [0.29, 0.717) is 10.4 Å². The predicted molar refractivity (Wildman–Crippen MR) is 67.9 cm³/mol. The van der Waals surface area contributed by atoms with Crippen LogP contribution in [-0.4, -0.2) is 29.5 Å². The average Bonchev–Trinajstić information content (AvgIpc) is 2.83. The highest BCUT2D eigenvalue weighted by Crippen LogP contribution is 2.49. The SMILES string of the molecule is CC1CCCN(CC2(CC(N)=S)CC2)C1. The van der Waals surface area contributed by atoms with Crippen LogP contribution in [0.2, 0.25) is 0 Å². The van der Waals surface area contributed by atoms with Gasteiger partial charge in [-0.3, -0.25) is 0 Å². The fourth-order valence-corrected chi connectivity index (χ4v) is 3.15. The summed E-state index contributed by atoms with van der Waals surface area (Å²) in [6.07, 6.45) is 6.39. The summed E-state index contributed by atoms with van der Waals surface area (Å²) in [6, 6.07) is 0. The lowest BCUT2D eigenvalue weighted by Gasteiger charge is -2.33. The molecule has 0 aromatic rings. The minimum atomic E-state index is 0.475. The molecular weight excluding hydrogens is 204 g/mol. The quantitative estimate of drug-likeness (QED) is 0.745. The predicted octanol–water partition coefficient (Wildman–Crippen LogP) is 2.17. The van der Waals surface area contributed by atoms with Crippen molar-refractivity contribution in [2.45, 2.75) is 39.0 Å². The molecule has 1 aliphatic carbocycles. The normalized spacial score (nSPS) is 30.1. The Kier molecular flexibility index (Phi) is 3.31. The molecule has 3 heteroatoms. The maximum Gasteiger partial charge on any atom is 0.0733 e. The molecule has 1 aliphatic heterocycles. The lowest BCUT2D eigenvalue weighted by Crippen LogP contribution is -2.39. The first-order chi connectivity index (χ1) is 7.10. The van der Waals surface area contributed by atoms with Crippen LogP contribution in [-0.2, 0) is 0 Å². The fraction of sp³-hybridized carbons (Fsp3) is 0.917. The van der Waals surface area contributed by atoms with Crippen LogP contribution in [0.15, 0.2) is 0 Å². The molecule has 2 rings (SSSR count). The maximum atomic E-state index is 5.66. The second-order valence-corrected chi connectivity index (χ2v) is 6.15. The van der Waals surface area contributed by atoms with Crippen LogP contribution in [0.1, 0.15) is 39.0 Å². The highest BCUT2D eigenvalue weighted by atomic mass is 32.1. The van der Waals surface area contributed by atoms with E-state index in [1.807, 2.05) is 0 Å². The van der Waals surface area contributed by atoms with E-state index in [4.69, 9.17) is 18.0 Å². The lowest BCUT2D eigenvalue weighted by atomic mass is 9.96. The molecule has 0 aromatic heterocycles. The number of likely N-dealkylation sites (tertiary alicyclic amines) is 1. The molecule has 2 aliphatic rings. The van der Waals surface area contributed by atoms with Crippen molar-refractivity contribution in [3.8, 4) is 0 Å². The van der Waals surface area contributed by atoms with Crippen molar-refractivity contribution >= 4 is 17.2 Å². The second-order valence-electron chi connectivity index (χ2n) is 5.63. The summed E-state index contributed by atoms with van der Waals surface area (Å²) in [6.45, 7) is 6.15. The summed E-state index contributed by atoms with van der Waals surface area (Å²) >= 11 is 5.03. The molecule has 1 heterocycles. The molecule has 86 valence electrons. The summed E-state index contributed by atoms with van der Waals surface area (Å²) in [5, 5.41) is 0. The van der Waals surface area contributed by atoms with E-state index in [2.05, 4.69) is 11.8 Å². The molecule has 0 aromatic carbocycles. The molecule has 15 heavy (non-hydrogen) atoms. The maximum absolute atomic E-state index is 5.66. The Hall–Kier alpha value is -0.150. The number of rotatable bonds is 4. The average molecular weight is 226 g/mol. The molecular formula is C12H22N2S. The summed E-state index contributed by atoms with van der Waals surface area (Å²) in [4.78, 5) is 3.33. The van der Waals surface area contributed by atoms with Crippen molar-refractivity contribution in [3.63, 3.8) is 0 Å². The number of piperidine rings is 1. The molecule has 0 spiro atoms. The van der Waals surface area contributed by atoms with Crippen molar-refractivity contribution in [1.82, 2.24) is 4.90 Å². The Balaban J connectivity index is 1.83. The van der Waals surface area contributed by atoms with Crippen LogP contribution in [0.5, 0.6) is 0 Å². The summed E-state index contributed by atoms with van der Waals surface area (Å²) in [5.74, 6) is 0.874. The summed E-state index contributed by atoms with van der Waals surface area (Å²) in [5.41, 5.74) is 6.14. The minimum Gasteiger partial charge on any atom is -0.393 e. The molecule has 1 saturated heterocycles. The number of thiocarbonyl (C=S) groups is 1. The standard InChI is InChI=1S/C12H22N2S/c1-10-3-2-6-14(8-10)9-12(4-5-12)7-11(13)15/h10H,2-9H2,1H3,(H2,13,15). The molecule has 0 amide bonds. The minimum absolute atomic E-state index is 0.475. The van der Waals surface area contributed by atoms with Gasteiger partial charge in [0, 0.05) is 19.5 Å². The van der Waals surface area contributed by atoms with E-state index in [1.165, 1.54) is 45.3 Å². The Morgan fingerprint density at radius 2 is 2.27 bits per heavy atom. The zero-order valence-corrected chi connectivity index (χ0v) is 10.5. The van der Waals surface area contributed by atoms with Gasteiger partial charge in [0.15, 0.2) is 0 Å². The third-order valence-electron chi connectivity index (χ3n) is 3.81. The van der Waals surface area contributed by atoms with Gasteiger partial charge in [0.05, 0.1) is 4.99 Å². The molecule has 2 fully saturated rings. The Bertz CT molecular complexity index is 248. The second kappa shape index (κ2) is 4.38. The largest absolute Gasteiger partial charge is 0.393 e. The van der Waals surface area contributed by atoms with E-state index in [9.17, 15) is 0 Å². The van der Waals surface area contributed by atoms with Crippen molar-refractivity contribution in [2.75, 3.05) is 19.6 Å². The first-order valence-corrected chi connectivity index (χ1v) is 6.51. The van der Waals surface area contributed by atoms with Crippen LogP contribution < -0.4 is 5.73 Å². The lowest BCUT2D eigenvalue weighted by molar-refractivity contribution is 0.153. The number of hydrogen-bond acceptors (Lipinski definition) is 2. The Labute approximate surface area is 98.2 Å². The van der Waals surface area contributed by atoms with Crippen LogP contribution in [0, 0.1) is 11.3 Å². The third kappa shape index (κ3) is 3.15. The van der Waals surface area contributed by atoms with E-state index in [-0.39, 0.29) is 0 Å². The monoisotopic (exact) mass is 226 g/mol. The van der Waals surface area contributed by atoms with Gasteiger partial charge >= 0.3 is 0 Å². The molecule has 2 N–H and O–H groups in total. The zero-order valence-electron chi connectivity index (χ0n) is 9.67. The summed E-state index contributed by atoms with van der Waals surface area (Å²) < 4.78 is 0.